The molecule has 1 heteroatoms. The number of hydrogen-bond acceptors (Lipinski definition) is 1. The average Bonchev–Trinajstić information content (AvgIpc) is 2.99. The first-order chi connectivity index (χ1) is 13.3. The summed E-state index contributed by atoms with van der Waals surface area (Å²) in [5.41, 5.74) is 4.72. The zero-order chi connectivity index (χ0) is 20.3. The molecule has 1 nitrogen and oxygen atoms in total. The van der Waals surface area contributed by atoms with Crippen molar-refractivity contribution >= 4 is 0 Å². The van der Waals surface area contributed by atoms with Crippen LogP contribution in [0, 0.1) is 29.1 Å². The van der Waals surface area contributed by atoms with E-state index in [-0.39, 0.29) is 6.10 Å². The highest BCUT2D eigenvalue weighted by molar-refractivity contribution is 5.36. The van der Waals surface area contributed by atoms with Crippen molar-refractivity contribution in [2.45, 2.75) is 104 Å². The molecule has 5 atom stereocenters. The zero-order valence-corrected chi connectivity index (χ0v) is 19.0. The van der Waals surface area contributed by atoms with Gasteiger partial charge in [-0.2, -0.15) is 0 Å². The summed E-state index contributed by atoms with van der Waals surface area (Å²) in [6.45, 7) is 14.1. The van der Waals surface area contributed by atoms with Crippen molar-refractivity contribution in [2.75, 3.05) is 0 Å². The van der Waals surface area contributed by atoms with Crippen LogP contribution in [0.2, 0.25) is 0 Å². The molecule has 3 aliphatic carbocycles. The third-order valence-electron chi connectivity index (χ3n) is 8.35. The molecule has 0 heterocycles. The van der Waals surface area contributed by atoms with Crippen LogP contribution in [0.4, 0.5) is 0 Å². The fourth-order valence-electron chi connectivity index (χ4n) is 6.66. The molecule has 158 valence electrons. The first kappa shape index (κ1) is 21.9. The standard InChI is InChI=1S/C27H44O/c1-19(2)8-6-9-21(4)25-15-16-26-22(10-7-17-27(25,26)5)12-13-23-18-24(28)14-11-20(23)3/h12-13,19,21,24-26,28H,3,6-11,14-18H2,1-2,4-5H3/t21-,24+,25-,26?,27-/m1/s1. The largest absolute Gasteiger partial charge is 0.393 e. The number of hydrogen-bond donors (Lipinski definition) is 1. The van der Waals surface area contributed by atoms with E-state index in [4.69, 9.17) is 0 Å². The minimum atomic E-state index is -0.172. The maximum Gasteiger partial charge on any atom is 0.0583 e. The topological polar surface area (TPSA) is 20.2 Å². The van der Waals surface area contributed by atoms with Gasteiger partial charge in [0.2, 0.25) is 0 Å². The summed E-state index contributed by atoms with van der Waals surface area (Å²) >= 11 is 0. The molecule has 0 aromatic carbocycles. The summed E-state index contributed by atoms with van der Waals surface area (Å²) in [4.78, 5) is 0. The van der Waals surface area contributed by atoms with Crippen molar-refractivity contribution in [3.63, 3.8) is 0 Å². The molecule has 1 N–H and O–H groups in total. The second-order valence-corrected chi connectivity index (χ2v) is 10.8. The maximum absolute atomic E-state index is 10.0. The van der Waals surface area contributed by atoms with Gasteiger partial charge in [0.15, 0.2) is 0 Å². The number of fused-ring (bicyclic) bond motifs is 1. The molecule has 0 spiro atoms. The van der Waals surface area contributed by atoms with Gasteiger partial charge in [-0.25, -0.2) is 0 Å². The summed E-state index contributed by atoms with van der Waals surface area (Å²) < 4.78 is 0. The fraction of sp³-hybridized carbons (Fsp3) is 0.778. The van der Waals surface area contributed by atoms with Gasteiger partial charge in [-0.1, -0.05) is 76.8 Å². The van der Waals surface area contributed by atoms with E-state index in [0.29, 0.717) is 5.41 Å². The molecular formula is C27H44O. The Bertz CT molecular complexity index is 610. The van der Waals surface area contributed by atoms with Crippen molar-refractivity contribution in [3.8, 4) is 0 Å². The number of allylic oxidation sites excluding steroid dienone is 4. The lowest BCUT2D eigenvalue weighted by atomic mass is 9.60. The molecule has 3 fully saturated rings. The van der Waals surface area contributed by atoms with Crippen LogP contribution in [0.15, 0.2) is 35.5 Å². The third kappa shape index (κ3) is 4.84. The monoisotopic (exact) mass is 384 g/mol. The smallest absolute Gasteiger partial charge is 0.0583 e. The van der Waals surface area contributed by atoms with E-state index in [1.165, 1.54) is 62.5 Å². The van der Waals surface area contributed by atoms with Gasteiger partial charge in [-0.15, -0.1) is 0 Å². The second-order valence-electron chi connectivity index (χ2n) is 10.8. The van der Waals surface area contributed by atoms with E-state index >= 15 is 0 Å². The van der Waals surface area contributed by atoms with E-state index in [0.717, 1.165) is 42.9 Å². The van der Waals surface area contributed by atoms with Gasteiger partial charge in [-0.3, -0.25) is 0 Å². The summed E-state index contributed by atoms with van der Waals surface area (Å²) in [6.07, 6.45) is 18.2. The minimum absolute atomic E-state index is 0.172. The highest BCUT2D eigenvalue weighted by Gasteiger charge is 2.50. The van der Waals surface area contributed by atoms with Gasteiger partial charge >= 0.3 is 0 Å². The SMILES string of the molecule is C=C1CC[C@H](O)CC1=CC=C1CCC[C@@]2(C)C1CC[C@@H]2[C@H](C)CCCC(C)C. The van der Waals surface area contributed by atoms with E-state index in [1.54, 1.807) is 5.57 Å². The quantitative estimate of drug-likeness (QED) is 0.499. The molecule has 28 heavy (non-hydrogen) atoms. The Morgan fingerprint density at radius 2 is 1.89 bits per heavy atom. The number of aliphatic hydroxyl groups is 1. The van der Waals surface area contributed by atoms with Gasteiger partial charge < -0.3 is 5.11 Å². The lowest BCUT2D eigenvalue weighted by Gasteiger charge is -2.44. The Kier molecular flexibility index (Phi) is 7.29. The summed E-state index contributed by atoms with van der Waals surface area (Å²) in [5, 5.41) is 10.0. The van der Waals surface area contributed by atoms with Gasteiger partial charge in [0.25, 0.3) is 0 Å². The molecule has 0 aromatic rings. The Hall–Kier alpha value is -0.820. The first-order valence-corrected chi connectivity index (χ1v) is 12.1. The average molecular weight is 385 g/mol. The van der Waals surface area contributed by atoms with Crippen LogP contribution in [0.25, 0.3) is 0 Å². The highest BCUT2D eigenvalue weighted by atomic mass is 16.3. The Morgan fingerprint density at radius 3 is 2.64 bits per heavy atom. The first-order valence-electron chi connectivity index (χ1n) is 12.1. The molecule has 3 aliphatic rings. The van der Waals surface area contributed by atoms with Crippen LogP contribution in [-0.4, -0.2) is 11.2 Å². The van der Waals surface area contributed by atoms with E-state index < -0.39 is 0 Å². The lowest BCUT2D eigenvalue weighted by Crippen LogP contribution is -2.36. The van der Waals surface area contributed by atoms with Crippen LogP contribution < -0.4 is 0 Å². The molecule has 0 aromatic heterocycles. The molecule has 3 rings (SSSR count). The van der Waals surface area contributed by atoms with Crippen LogP contribution in [0.1, 0.15) is 98.3 Å². The van der Waals surface area contributed by atoms with Crippen molar-refractivity contribution < 1.29 is 5.11 Å². The van der Waals surface area contributed by atoms with Gasteiger partial charge in [0, 0.05) is 0 Å². The van der Waals surface area contributed by atoms with Gasteiger partial charge in [0.1, 0.15) is 0 Å². The maximum atomic E-state index is 10.0. The molecule has 0 saturated heterocycles. The molecule has 0 bridgehead atoms. The Balaban J connectivity index is 1.70. The lowest BCUT2D eigenvalue weighted by molar-refractivity contribution is 0.0929. The molecular weight excluding hydrogens is 340 g/mol. The molecule has 3 saturated carbocycles. The third-order valence-corrected chi connectivity index (χ3v) is 8.35. The van der Waals surface area contributed by atoms with Crippen LogP contribution in [0.5, 0.6) is 0 Å². The Morgan fingerprint density at radius 1 is 1.11 bits per heavy atom. The summed E-state index contributed by atoms with van der Waals surface area (Å²) in [7, 11) is 0. The van der Waals surface area contributed by atoms with E-state index in [2.05, 4.69) is 46.4 Å². The molecule has 0 radical (unpaired) electrons. The van der Waals surface area contributed by atoms with Crippen molar-refractivity contribution in [1.29, 1.82) is 0 Å². The molecule has 1 unspecified atom stereocenters. The number of rotatable bonds is 6. The van der Waals surface area contributed by atoms with E-state index in [9.17, 15) is 5.11 Å². The fourth-order valence-corrected chi connectivity index (χ4v) is 6.66. The Labute approximate surface area is 174 Å². The molecule has 0 aliphatic heterocycles. The zero-order valence-electron chi connectivity index (χ0n) is 19.0. The minimum Gasteiger partial charge on any atom is -0.393 e. The van der Waals surface area contributed by atoms with Crippen LogP contribution in [0.3, 0.4) is 0 Å². The summed E-state index contributed by atoms with van der Waals surface area (Å²) in [6, 6.07) is 0. The van der Waals surface area contributed by atoms with Crippen molar-refractivity contribution in [2.24, 2.45) is 29.1 Å². The normalized spacial score (nSPS) is 37.6. The predicted molar refractivity (Wildman–Crippen MR) is 121 cm³/mol. The number of aliphatic hydroxyl groups excluding tert-OH is 1. The highest BCUT2D eigenvalue weighted by Crippen LogP contribution is 2.59. The van der Waals surface area contributed by atoms with Gasteiger partial charge in [-0.05, 0) is 86.0 Å². The summed E-state index contributed by atoms with van der Waals surface area (Å²) in [5.74, 6) is 3.37. The second kappa shape index (κ2) is 9.33. The van der Waals surface area contributed by atoms with E-state index in [1.807, 2.05) is 0 Å². The van der Waals surface area contributed by atoms with Gasteiger partial charge in [0.05, 0.1) is 6.10 Å². The van der Waals surface area contributed by atoms with Crippen LogP contribution >= 0.6 is 0 Å². The van der Waals surface area contributed by atoms with Crippen LogP contribution in [-0.2, 0) is 0 Å². The van der Waals surface area contributed by atoms with Crippen molar-refractivity contribution in [3.05, 3.63) is 35.5 Å². The predicted octanol–water partition coefficient (Wildman–Crippen LogP) is 7.62. The van der Waals surface area contributed by atoms with Crippen molar-refractivity contribution in [1.82, 2.24) is 0 Å². The molecule has 0 amide bonds.